The average molecular weight is 308 g/mol. The molecule has 1 aromatic rings. The number of rotatable bonds is 6. The van der Waals surface area contributed by atoms with Crippen LogP contribution >= 0.6 is 0 Å². The van der Waals surface area contributed by atoms with Crippen molar-refractivity contribution in [1.29, 1.82) is 0 Å². The summed E-state index contributed by atoms with van der Waals surface area (Å²) in [6.45, 7) is 7.94. The van der Waals surface area contributed by atoms with Gasteiger partial charge in [0.2, 0.25) is 0 Å². The van der Waals surface area contributed by atoms with E-state index in [2.05, 4.69) is 0 Å². The Kier molecular flexibility index (Phi) is 5.56. The quantitative estimate of drug-likeness (QED) is 0.756. The number of hydrogen-bond donors (Lipinski definition) is 0. The molecular weight excluding hydrogens is 284 g/mol. The summed E-state index contributed by atoms with van der Waals surface area (Å²) < 4.78 is 22.5. The average Bonchev–Trinajstić information content (AvgIpc) is 2.85. The van der Waals surface area contributed by atoms with E-state index >= 15 is 0 Å². The molecule has 1 aliphatic heterocycles. The van der Waals surface area contributed by atoms with Gasteiger partial charge in [0, 0.05) is 0 Å². The number of hydrogen-bond acceptors (Lipinski definition) is 5. The summed E-state index contributed by atoms with van der Waals surface area (Å²) in [4.78, 5) is 11.8. The summed E-state index contributed by atoms with van der Waals surface area (Å²) in [5.41, 5.74) is 0.949. The van der Waals surface area contributed by atoms with Crippen LogP contribution in [0.5, 0.6) is 0 Å². The maximum atomic E-state index is 11.8. The first-order valence-corrected chi connectivity index (χ1v) is 7.62. The molecule has 1 heterocycles. The van der Waals surface area contributed by atoms with Crippen molar-refractivity contribution < 1.29 is 23.7 Å². The van der Waals surface area contributed by atoms with E-state index in [1.54, 1.807) is 13.8 Å². The minimum Gasteiger partial charge on any atom is -0.464 e. The van der Waals surface area contributed by atoms with E-state index in [0.717, 1.165) is 5.56 Å². The first kappa shape index (κ1) is 16.9. The van der Waals surface area contributed by atoms with Gasteiger partial charge >= 0.3 is 5.97 Å². The van der Waals surface area contributed by atoms with Crippen molar-refractivity contribution in [2.24, 2.45) is 0 Å². The number of esters is 1. The molecule has 0 radical (unpaired) electrons. The first-order chi connectivity index (χ1) is 10.4. The molecule has 1 fully saturated rings. The van der Waals surface area contributed by atoms with E-state index in [0.29, 0.717) is 13.2 Å². The summed E-state index contributed by atoms with van der Waals surface area (Å²) in [7, 11) is 0. The third kappa shape index (κ3) is 4.29. The molecule has 2 rings (SSSR count). The van der Waals surface area contributed by atoms with Gasteiger partial charge in [0.1, 0.15) is 12.2 Å². The second-order valence-electron chi connectivity index (χ2n) is 5.73. The molecule has 22 heavy (non-hydrogen) atoms. The SMILES string of the molecule is CCOC(=O)[C@@H](C)O[C@@H](c1ccccc1)[C@H]1COC(C)(C)O1. The minimum atomic E-state index is -0.669. The molecule has 0 aromatic heterocycles. The topological polar surface area (TPSA) is 54.0 Å². The summed E-state index contributed by atoms with van der Waals surface area (Å²) in [6.07, 6.45) is -1.32. The summed E-state index contributed by atoms with van der Waals surface area (Å²) in [5, 5.41) is 0. The molecule has 122 valence electrons. The molecule has 1 aliphatic rings. The lowest BCUT2D eigenvalue weighted by atomic mass is 10.0. The van der Waals surface area contributed by atoms with Gasteiger partial charge in [0.25, 0.3) is 0 Å². The Morgan fingerprint density at radius 2 is 2.05 bits per heavy atom. The standard InChI is InChI=1S/C17H24O5/c1-5-19-16(18)12(2)21-15(13-9-7-6-8-10-13)14-11-20-17(3,4)22-14/h6-10,12,14-15H,5,11H2,1-4H3/t12-,14-,15+/m1/s1. The summed E-state index contributed by atoms with van der Waals surface area (Å²) in [5.74, 6) is -1.02. The Balaban J connectivity index is 2.14. The van der Waals surface area contributed by atoms with Gasteiger partial charge in [-0.05, 0) is 33.3 Å². The number of carbonyl (C=O) groups is 1. The zero-order valence-corrected chi connectivity index (χ0v) is 13.6. The molecule has 0 aliphatic carbocycles. The molecule has 0 saturated carbocycles. The predicted molar refractivity (Wildman–Crippen MR) is 81.3 cm³/mol. The highest BCUT2D eigenvalue weighted by Gasteiger charge is 2.39. The van der Waals surface area contributed by atoms with Crippen molar-refractivity contribution in [2.45, 2.75) is 51.8 Å². The number of carbonyl (C=O) groups excluding carboxylic acids is 1. The predicted octanol–water partition coefficient (Wildman–Crippen LogP) is 2.85. The van der Waals surface area contributed by atoms with Crippen LogP contribution in [0.3, 0.4) is 0 Å². The fourth-order valence-electron chi connectivity index (χ4n) is 2.42. The normalized spacial score (nSPS) is 23.0. The Labute approximate surface area is 131 Å². The maximum absolute atomic E-state index is 11.8. The molecule has 1 aromatic carbocycles. The van der Waals surface area contributed by atoms with Crippen molar-refractivity contribution >= 4 is 5.97 Å². The van der Waals surface area contributed by atoms with Gasteiger partial charge in [-0.2, -0.15) is 0 Å². The van der Waals surface area contributed by atoms with Crippen LogP contribution in [0.25, 0.3) is 0 Å². The molecule has 0 unspecified atom stereocenters. The lowest BCUT2D eigenvalue weighted by molar-refractivity contribution is -0.176. The number of benzene rings is 1. The van der Waals surface area contributed by atoms with Gasteiger partial charge in [-0.25, -0.2) is 4.79 Å². The third-order valence-electron chi connectivity index (χ3n) is 3.47. The molecule has 0 spiro atoms. The smallest absolute Gasteiger partial charge is 0.334 e. The van der Waals surface area contributed by atoms with Crippen LogP contribution < -0.4 is 0 Å². The van der Waals surface area contributed by atoms with Crippen LogP contribution in [0, 0.1) is 0 Å². The highest BCUT2D eigenvalue weighted by Crippen LogP contribution is 2.33. The largest absolute Gasteiger partial charge is 0.464 e. The van der Waals surface area contributed by atoms with Crippen molar-refractivity contribution in [1.82, 2.24) is 0 Å². The highest BCUT2D eigenvalue weighted by molar-refractivity contribution is 5.74. The molecular formula is C17H24O5. The molecule has 0 bridgehead atoms. The fourth-order valence-corrected chi connectivity index (χ4v) is 2.42. The molecule has 0 N–H and O–H groups in total. The van der Waals surface area contributed by atoms with E-state index in [-0.39, 0.29) is 18.2 Å². The Hall–Kier alpha value is -1.43. The molecule has 3 atom stereocenters. The molecule has 5 heteroatoms. The molecule has 0 amide bonds. The third-order valence-corrected chi connectivity index (χ3v) is 3.47. The van der Waals surface area contributed by atoms with Gasteiger partial charge in [-0.3, -0.25) is 0 Å². The summed E-state index contributed by atoms with van der Waals surface area (Å²) in [6, 6.07) is 9.71. The van der Waals surface area contributed by atoms with Gasteiger partial charge in [-0.1, -0.05) is 30.3 Å². The Morgan fingerprint density at radius 1 is 1.36 bits per heavy atom. The van der Waals surface area contributed by atoms with Crippen LogP contribution in [-0.4, -0.2) is 37.2 Å². The van der Waals surface area contributed by atoms with Crippen LogP contribution in [0.1, 0.15) is 39.4 Å². The first-order valence-electron chi connectivity index (χ1n) is 7.62. The van der Waals surface area contributed by atoms with Crippen molar-refractivity contribution in [2.75, 3.05) is 13.2 Å². The lowest BCUT2D eigenvalue weighted by Gasteiger charge is -2.27. The van der Waals surface area contributed by atoms with Gasteiger partial charge in [-0.15, -0.1) is 0 Å². The maximum Gasteiger partial charge on any atom is 0.334 e. The van der Waals surface area contributed by atoms with Crippen molar-refractivity contribution in [3.05, 3.63) is 35.9 Å². The zero-order valence-electron chi connectivity index (χ0n) is 13.6. The second kappa shape index (κ2) is 7.22. The van der Waals surface area contributed by atoms with E-state index < -0.39 is 11.9 Å². The van der Waals surface area contributed by atoms with E-state index in [1.165, 1.54) is 0 Å². The van der Waals surface area contributed by atoms with Gasteiger partial charge in [0.15, 0.2) is 11.9 Å². The highest BCUT2D eigenvalue weighted by atomic mass is 16.7. The van der Waals surface area contributed by atoms with Crippen LogP contribution in [0.2, 0.25) is 0 Å². The second-order valence-corrected chi connectivity index (χ2v) is 5.73. The zero-order chi connectivity index (χ0) is 16.2. The van der Waals surface area contributed by atoms with E-state index in [4.69, 9.17) is 18.9 Å². The van der Waals surface area contributed by atoms with E-state index in [1.807, 2.05) is 44.2 Å². The van der Waals surface area contributed by atoms with Gasteiger partial charge in [0.05, 0.1) is 13.2 Å². The summed E-state index contributed by atoms with van der Waals surface area (Å²) >= 11 is 0. The Bertz CT molecular complexity index is 485. The van der Waals surface area contributed by atoms with Gasteiger partial charge < -0.3 is 18.9 Å². The number of ether oxygens (including phenoxy) is 4. The Morgan fingerprint density at radius 3 is 2.59 bits per heavy atom. The van der Waals surface area contributed by atoms with Crippen LogP contribution in [0.15, 0.2) is 30.3 Å². The minimum absolute atomic E-state index is 0.269. The lowest BCUT2D eigenvalue weighted by Crippen LogP contribution is -2.32. The fraction of sp³-hybridized carbons (Fsp3) is 0.588. The van der Waals surface area contributed by atoms with Crippen molar-refractivity contribution in [3.63, 3.8) is 0 Å². The molecule has 5 nitrogen and oxygen atoms in total. The van der Waals surface area contributed by atoms with Crippen molar-refractivity contribution in [3.8, 4) is 0 Å². The van der Waals surface area contributed by atoms with Crippen LogP contribution in [-0.2, 0) is 23.7 Å². The monoisotopic (exact) mass is 308 g/mol. The van der Waals surface area contributed by atoms with E-state index in [9.17, 15) is 4.79 Å². The molecule has 1 saturated heterocycles. The van der Waals surface area contributed by atoms with Crippen LogP contribution in [0.4, 0.5) is 0 Å².